The molecule has 0 radical (unpaired) electrons. The maximum atomic E-state index is 11.5. The van der Waals surface area contributed by atoms with Gasteiger partial charge in [0.25, 0.3) is 5.91 Å². The summed E-state index contributed by atoms with van der Waals surface area (Å²) in [6, 6.07) is 0. The molecule has 102 valence electrons. The lowest BCUT2D eigenvalue weighted by Gasteiger charge is -2.21. The van der Waals surface area contributed by atoms with Crippen molar-refractivity contribution in [3.05, 3.63) is 0 Å². The van der Waals surface area contributed by atoms with Crippen LogP contribution in [0.2, 0.25) is 0 Å². The van der Waals surface area contributed by atoms with E-state index in [1.165, 1.54) is 0 Å². The summed E-state index contributed by atoms with van der Waals surface area (Å²) in [5.41, 5.74) is -0.334. The van der Waals surface area contributed by atoms with Crippen LogP contribution in [-0.2, 0) is 9.53 Å². The molecule has 0 aromatic rings. The van der Waals surface area contributed by atoms with Crippen molar-refractivity contribution in [1.29, 1.82) is 0 Å². The molecule has 2 N–H and O–H groups in total. The molecule has 0 heterocycles. The number of carbonyl (C=O) groups is 1. The zero-order valence-corrected chi connectivity index (χ0v) is 11.7. The van der Waals surface area contributed by atoms with Crippen molar-refractivity contribution in [2.45, 2.75) is 59.2 Å². The number of hydrogen-bond donors (Lipinski definition) is 2. The van der Waals surface area contributed by atoms with Gasteiger partial charge < -0.3 is 15.2 Å². The fraction of sp³-hybridized carbons (Fsp3) is 0.923. The first kappa shape index (κ1) is 16.4. The number of ether oxygens (including phenoxy) is 1. The van der Waals surface area contributed by atoms with Gasteiger partial charge in [-0.3, -0.25) is 4.79 Å². The third-order valence-corrected chi connectivity index (χ3v) is 2.23. The minimum absolute atomic E-state index is 0.0412. The van der Waals surface area contributed by atoms with Gasteiger partial charge in [0.05, 0.1) is 12.2 Å². The van der Waals surface area contributed by atoms with Crippen LogP contribution in [0.4, 0.5) is 0 Å². The Balaban J connectivity index is 3.68. The lowest BCUT2D eigenvalue weighted by molar-refractivity contribution is -0.135. The summed E-state index contributed by atoms with van der Waals surface area (Å²) >= 11 is 0. The van der Waals surface area contributed by atoms with Gasteiger partial charge in [-0.05, 0) is 39.5 Å². The van der Waals surface area contributed by atoms with Crippen LogP contribution in [0.15, 0.2) is 0 Å². The van der Waals surface area contributed by atoms with Crippen LogP contribution in [-0.4, -0.2) is 35.9 Å². The summed E-state index contributed by atoms with van der Waals surface area (Å²) < 4.78 is 5.35. The average Bonchev–Trinajstić information content (AvgIpc) is 2.19. The van der Waals surface area contributed by atoms with E-state index in [9.17, 15) is 9.90 Å². The topological polar surface area (TPSA) is 58.6 Å². The van der Waals surface area contributed by atoms with Crippen LogP contribution in [0.5, 0.6) is 0 Å². The fourth-order valence-corrected chi connectivity index (χ4v) is 1.24. The lowest BCUT2D eigenvalue weighted by Crippen LogP contribution is -2.39. The molecule has 0 saturated heterocycles. The molecule has 0 aliphatic heterocycles. The van der Waals surface area contributed by atoms with Crippen molar-refractivity contribution in [1.82, 2.24) is 5.32 Å². The van der Waals surface area contributed by atoms with Gasteiger partial charge in [0.1, 0.15) is 0 Å². The van der Waals surface area contributed by atoms with Gasteiger partial charge in [-0.1, -0.05) is 13.8 Å². The van der Waals surface area contributed by atoms with E-state index in [-0.39, 0.29) is 18.1 Å². The highest BCUT2D eigenvalue weighted by Crippen LogP contribution is 2.07. The van der Waals surface area contributed by atoms with E-state index in [0.29, 0.717) is 12.5 Å². The Kier molecular flexibility index (Phi) is 7.39. The predicted molar refractivity (Wildman–Crippen MR) is 68.8 cm³/mol. The smallest absolute Gasteiger partial charge is 0.251 e. The van der Waals surface area contributed by atoms with Crippen LogP contribution in [0.25, 0.3) is 0 Å². The molecule has 0 bridgehead atoms. The molecule has 1 atom stereocenters. The van der Waals surface area contributed by atoms with E-state index in [1.807, 2.05) is 20.8 Å². The van der Waals surface area contributed by atoms with Crippen LogP contribution in [0.3, 0.4) is 0 Å². The van der Waals surface area contributed by atoms with Crippen LogP contribution in [0, 0.1) is 5.92 Å². The molecule has 0 fully saturated rings. The largest absolute Gasteiger partial charge is 0.381 e. The van der Waals surface area contributed by atoms with Gasteiger partial charge >= 0.3 is 0 Å². The Labute approximate surface area is 105 Å². The maximum Gasteiger partial charge on any atom is 0.251 e. The quantitative estimate of drug-likeness (QED) is 0.671. The van der Waals surface area contributed by atoms with Crippen molar-refractivity contribution < 1.29 is 14.6 Å². The minimum atomic E-state index is -1.08. The second-order valence-corrected chi connectivity index (χ2v) is 5.77. The standard InChI is InChI=1S/C13H27NO3/c1-10(2)7-6-8-14-12(16)11(15)9-17-13(3,4)5/h10-11,15H,6-9H2,1-5H3,(H,14,16). The van der Waals surface area contributed by atoms with E-state index in [1.54, 1.807) is 0 Å². The zero-order valence-electron chi connectivity index (χ0n) is 11.7. The highest BCUT2D eigenvalue weighted by atomic mass is 16.5. The van der Waals surface area contributed by atoms with Crippen LogP contribution in [0.1, 0.15) is 47.5 Å². The number of hydrogen-bond acceptors (Lipinski definition) is 3. The fourth-order valence-electron chi connectivity index (χ4n) is 1.24. The summed E-state index contributed by atoms with van der Waals surface area (Å²) in [5, 5.41) is 12.3. The Bertz CT molecular complexity index is 221. The third-order valence-electron chi connectivity index (χ3n) is 2.23. The van der Waals surface area contributed by atoms with Gasteiger partial charge in [-0.25, -0.2) is 0 Å². The SMILES string of the molecule is CC(C)CCCNC(=O)C(O)COC(C)(C)C. The molecule has 1 unspecified atom stereocenters. The number of rotatable bonds is 7. The third kappa shape index (κ3) is 10.3. The minimum Gasteiger partial charge on any atom is -0.381 e. The Morgan fingerprint density at radius 2 is 1.94 bits per heavy atom. The normalized spacial score (nSPS) is 13.8. The van der Waals surface area contributed by atoms with Gasteiger partial charge in [0.2, 0.25) is 0 Å². The number of nitrogens with one attached hydrogen (secondary N) is 1. The second kappa shape index (κ2) is 7.67. The molecular formula is C13H27NO3. The number of aliphatic hydroxyl groups excluding tert-OH is 1. The molecule has 0 spiro atoms. The van der Waals surface area contributed by atoms with E-state index >= 15 is 0 Å². The molecule has 0 aromatic heterocycles. The van der Waals surface area contributed by atoms with Crippen molar-refractivity contribution in [3.63, 3.8) is 0 Å². The molecule has 0 aromatic carbocycles. The first-order chi connectivity index (χ1) is 7.72. The second-order valence-electron chi connectivity index (χ2n) is 5.77. The van der Waals surface area contributed by atoms with Gasteiger partial charge in [-0.15, -0.1) is 0 Å². The molecule has 0 rings (SSSR count). The van der Waals surface area contributed by atoms with Gasteiger partial charge in [0.15, 0.2) is 6.10 Å². The lowest BCUT2D eigenvalue weighted by atomic mass is 10.1. The van der Waals surface area contributed by atoms with Crippen molar-refractivity contribution in [2.75, 3.05) is 13.2 Å². The number of aliphatic hydroxyl groups is 1. The Morgan fingerprint density at radius 1 is 1.35 bits per heavy atom. The van der Waals surface area contributed by atoms with Crippen molar-refractivity contribution >= 4 is 5.91 Å². The van der Waals surface area contributed by atoms with Crippen LogP contribution >= 0.6 is 0 Å². The molecule has 4 nitrogen and oxygen atoms in total. The summed E-state index contributed by atoms with van der Waals surface area (Å²) in [4.78, 5) is 11.5. The highest BCUT2D eigenvalue weighted by molar-refractivity contribution is 5.80. The molecule has 17 heavy (non-hydrogen) atoms. The summed E-state index contributed by atoms with van der Waals surface area (Å²) in [5.74, 6) is 0.291. The average molecular weight is 245 g/mol. The van der Waals surface area contributed by atoms with Crippen LogP contribution < -0.4 is 5.32 Å². The predicted octanol–water partition coefficient (Wildman–Crippen LogP) is 1.71. The summed E-state index contributed by atoms with van der Waals surface area (Å²) in [6.45, 7) is 10.6. The summed E-state index contributed by atoms with van der Waals surface area (Å²) in [7, 11) is 0. The Morgan fingerprint density at radius 3 is 2.41 bits per heavy atom. The van der Waals surface area contributed by atoms with E-state index in [2.05, 4.69) is 19.2 Å². The van der Waals surface area contributed by atoms with Gasteiger partial charge in [0, 0.05) is 6.54 Å². The molecule has 0 aliphatic carbocycles. The first-order valence-corrected chi connectivity index (χ1v) is 6.32. The Hall–Kier alpha value is -0.610. The first-order valence-electron chi connectivity index (χ1n) is 6.32. The molecule has 1 amide bonds. The van der Waals surface area contributed by atoms with E-state index in [0.717, 1.165) is 12.8 Å². The number of carbonyl (C=O) groups excluding carboxylic acids is 1. The highest BCUT2D eigenvalue weighted by Gasteiger charge is 2.18. The molecule has 0 saturated carbocycles. The molecule has 4 heteroatoms. The van der Waals surface area contributed by atoms with E-state index in [4.69, 9.17) is 4.74 Å². The maximum absolute atomic E-state index is 11.5. The molecular weight excluding hydrogens is 218 g/mol. The molecule has 0 aliphatic rings. The monoisotopic (exact) mass is 245 g/mol. The number of amides is 1. The van der Waals surface area contributed by atoms with Crippen molar-refractivity contribution in [2.24, 2.45) is 5.92 Å². The van der Waals surface area contributed by atoms with Gasteiger partial charge in [-0.2, -0.15) is 0 Å². The van der Waals surface area contributed by atoms with Crippen molar-refractivity contribution in [3.8, 4) is 0 Å². The summed E-state index contributed by atoms with van der Waals surface area (Å²) in [6.07, 6.45) is 0.943. The van der Waals surface area contributed by atoms with E-state index < -0.39 is 6.10 Å². The zero-order chi connectivity index (χ0) is 13.5.